The molecule has 0 aliphatic rings. The number of amides is 3. The van der Waals surface area contributed by atoms with E-state index in [0.717, 1.165) is 35.1 Å². The average molecular weight is 845 g/mol. The highest BCUT2D eigenvalue weighted by molar-refractivity contribution is 6.12. The summed E-state index contributed by atoms with van der Waals surface area (Å²) in [6.45, 7) is 12.6. The molecular weight excluding hydrogens is 793 g/mol. The van der Waals surface area contributed by atoms with Crippen molar-refractivity contribution in [3.8, 4) is 23.0 Å². The van der Waals surface area contributed by atoms with Crippen LogP contribution in [-0.4, -0.2) is 88.3 Å². The number of benzene rings is 2. The van der Waals surface area contributed by atoms with Gasteiger partial charge in [0, 0.05) is 74.4 Å². The zero-order valence-electron chi connectivity index (χ0n) is 35.9. The molecule has 5 heterocycles. The normalized spacial score (nSPS) is 11.7. The molecule has 18 nitrogen and oxygen atoms in total. The minimum absolute atomic E-state index is 0.207. The number of carbonyl (C=O) groups is 3. The molecule has 7 rings (SSSR count). The highest BCUT2D eigenvalue weighted by Gasteiger charge is 2.23. The number of allylic oxidation sites excluding steroid dienone is 2. The number of aryl methyl sites for hydroxylation is 4. The van der Waals surface area contributed by atoms with Crippen molar-refractivity contribution in [2.75, 3.05) is 32.2 Å². The fraction of sp³-hybridized carbons (Fsp3) is 0.364. The average Bonchev–Trinajstić information content (AvgIpc) is 4.01. The van der Waals surface area contributed by atoms with Crippen LogP contribution in [0.4, 0.5) is 5.95 Å². The number of carbonyl (C=O) groups excluding carboxylic acids is 3. The summed E-state index contributed by atoms with van der Waals surface area (Å²) in [4.78, 5) is 53.6. The molecule has 0 spiro atoms. The third kappa shape index (κ3) is 8.72. The number of anilines is 1. The lowest BCUT2D eigenvalue weighted by atomic mass is 10.1. The van der Waals surface area contributed by atoms with Crippen LogP contribution >= 0.6 is 0 Å². The van der Waals surface area contributed by atoms with Gasteiger partial charge in [-0.1, -0.05) is 25.5 Å². The highest BCUT2D eigenvalue weighted by atomic mass is 16.5. The van der Waals surface area contributed by atoms with Gasteiger partial charge in [-0.3, -0.25) is 29.1 Å². The maximum atomic E-state index is 13.8. The van der Waals surface area contributed by atoms with Gasteiger partial charge in [0.25, 0.3) is 5.91 Å². The quantitative estimate of drug-likeness (QED) is 0.0600. The van der Waals surface area contributed by atoms with E-state index < -0.39 is 17.7 Å². The SMILES string of the molecule is CCCCOc1cc(C(N)=O)cc2c3cnc(-c4cc(C)nn4CC)nc3n(C/C=C/Cn3c(NC(=O)c4cc(C)nn4CC)nc4cc(C(N)=O)cc(OCCCOC)c43)c12. The summed E-state index contributed by atoms with van der Waals surface area (Å²) in [5, 5.41) is 13.5. The molecule has 0 aliphatic carbocycles. The molecule has 0 saturated heterocycles. The van der Waals surface area contributed by atoms with E-state index in [1.54, 1.807) is 48.3 Å². The van der Waals surface area contributed by atoms with Crippen LogP contribution < -0.4 is 26.3 Å². The molecule has 0 fully saturated rings. The van der Waals surface area contributed by atoms with Crippen LogP contribution in [-0.2, 0) is 30.9 Å². The number of primary amides is 2. The molecule has 0 bridgehead atoms. The van der Waals surface area contributed by atoms with Crippen molar-refractivity contribution in [1.82, 2.24) is 43.6 Å². The Bertz CT molecular complexity index is 2830. The molecule has 5 N–H and O–H groups in total. The Kier molecular flexibility index (Phi) is 13.0. The van der Waals surface area contributed by atoms with E-state index >= 15 is 0 Å². The molecule has 3 amide bonds. The molecule has 0 atom stereocenters. The van der Waals surface area contributed by atoms with Gasteiger partial charge in [0.1, 0.15) is 34.1 Å². The minimum Gasteiger partial charge on any atom is -0.491 e. The third-order valence-corrected chi connectivity index (χ3v) is 10.4. The number of unbranched alkanes of at least 4 members (excludes halogenated alkanes) is 1. The van der Waals surface area contributed by atoms with Gasteiger partial charge in [-0.2, -0.15) is 10.2 Å². The number of methoxy groups -OCH3 is 1. The van der Waals surface area contributed by atoms with Crippen LogP contribution in [0.25, 0.3) is 44.5 Å². The van der Waals surface area contributed by atoms with Crippen molar-refractivity contribution in [1.29, 1.82) is 0 Å². The molecule has 7 aromatic rings. The van der Waals surface area contributed by atoms with Gasteiger partial charge in [0.2, 0.25) is 17.8 Å². The van der Waals surface area contributed by atoms with Crippen LogP contribution in [0.2, 0.25) is 0 Å². The first kappa shape index (κ1) is 43.0. The number of imidazole rings is 1. The standard InChI is InChI=1S/C44H52N12O6/c1-7-10-17-61-35-23-28(39(45)57)21-30-31-25-47-41(33-19-26(4)51-55(33)8-2)49-42(31)53(37(30)35)14-11-12-15-54-38-32(22-29(40(46)58)24-36(38)62-18-13-16-60-6)48-44(54)50-43(59)34-20-27(5)52-56(34)9-3/h11-12,19-25H,7-10,13-18H2,1-6H3,(H2,45,57)(H2,46,58)(H,48,50,59)/b12-11+. The van der Waals surface area contributed by atoms with Crippen LogP contribution in [0.15, 0.2) is 54.7 Å². The van der Waals surface area contributed by atoms with E-state index in [0.29, 0.717) is 102 Å². The van der Waals surface area contributed by atoms with Crippen LogP contribution in [0.1, 0.15) is 82.6 Å². The van der Waals surface area contributed by atoms with Crippen molar-refractivity contribution >= 4 is 56.6 Å². The molecule has 0 unspecified atom stereocenters. The van der Waals surface area contributed by atoms with Crippen molar-refractivity contribution < 1.29 is 28.6 Å². The first-order valence-corrected chi connectivity index (χ1v) is 20.7. The molecule has 0 saturated carbocycles. The number of aromatic nitrogens is 9. The summed E-state index contributed by atoms with van der Waals surface area (Å²) >= 11 is 0. The highest BCUT2D eigenvalue weighted by Crippen LogP contribution is 2.37. The Hall–Kier alpha value is -7.08. The zero-order chi connectivity index (χ0) is 44.1. The van der Waals surface area contributed by atoms with E-state index in [4.69, 9.17) is 40.6 Å². The molecule has 5 aromatic heterocycles. The van der Waals surface area contributed by atoms with Gasteiger partial charge >= 0.3 is 0 Å². The Morgan fingerprint density at radius 3 is 2.06 bits per heavy atom. The third-order valence-electron chi connectivity index (χ3n) is 10.4. The number of hydrogen-bond donors (Lipinski definition) is 3. The number of hydrogen-bond acceptors (Lipinski definition) is 11. The molecule has 324 valence electrons. The fourth-order valence-electron chi connectivity index (χ4n) is 7.45. The topological polar surface area (TPSA) is 227 Å². The van der Waals surface area contributed by atoms with E-state index in [9.17, 15) is 14.4 Å². The summed E-state index contributed by atoms with van der Waals surface area (Å²) in [7, 11) is 1.61. The summed E-state index contributed by atoms with van der Waals surface area (Å²) in [5.74, 6) is -0.0450. The Morgan fingerprint density at radius 2 is 1.39 bits per heavy atom. The monoisotopic (exact) mass is 844 g/mol. The molecule has 0 aliphatic heterocycles. The van der Waals surface area contributed by atoms with E-state index in [1.807, 2.05) is 59.7 Å². The molecule has 2 aromatic carbocycles. The second-order valence-corrected chi connectivity index (χ2v) is 14.8. The summed E-state index contributed by atoms with van der Waals surface area (Å²) in [6.07, 6.45) is 7.99. The minimum atomic E-state index is -0.649. The first-order valence-electron chi connectivity index (χ1n) is 20.7. The van der Waals surface area contributed by atoms with E-state index in [2.05, 4.69) is 22.4 Å². The molecule has 0 radical (unpaired) electrons. The predicted octanol–water partition coefficient (Wildman–Crippen LogP) is 5.95. The van der Waals surface area contributed by atoms with Crippen molar-refractivity contribution in [2.45, 2.75) is 80.1 Å². The Morgan fingerprint density at radius 1 is 0.742 bits per heavy atom. The van der Waals surface area contributed by atoms with Gasteiger partial charge in [-0.05, 0) is 70.5 Å². The fourth-order valence-corrected chi connectivity index (χ4v) is 7.45. The van der Waals surface area contributed by atoms with Crippen LogP contribution in [0, 0.1) is 13.8 Å². The maximum absolute atomic E-state index is 13.8. The zero-order valence-corrected chi connectivity index (χ0v) is 35.9. The molecule has 62 heavy (non-hydrogen) atoms. The van der Waals surface area contributed by atoms with Crippen molar-refractivity contribution in [3.63, 3.8) is 0 Å². The molecule has 18 heteroatoms. The van der Waals surface area contributed by atoms with Gasteiger partial charge in [0.05, 0.1) is 35.6 Å². The Labute approximate surface area is 357 Å². The van der Waals surface area contributed by atoms with Crippen molar-refractivity contribution in [3.05, 3.63) is 83.0 Å². The van der Waals surface area contributed by atoms with Crippen LogP contribution in [0.3, 0.4) is 0 Å². The number of rotatable bonds is 20. The number of nitrogens with one attached hydrogen (secondary N) is 1. The molecular formula is C44H52N12O6. The van der Waals surface area contributed by atoms with Gasteiger partial charge in [-0.15, -0.1) is 0 Å². The second kappa shape index (κ2) is 18.7. The lowest BCUT2D eigenvalue weighted by Crippen LogP contribution is -2.20. The predicted molar refractivity (Wildman–Crippen MR) is 236 cm³/mol. The second-order valence-electron chi connectivity index (χ2n) is 14.8. The van der Waals surface area contributed by atoms with Gasteiger partial charge in [-0.25, -0.2) is 15.0 Å². The smallest absolute Gasteiger partial charge is 0.276 e. The van der Waals surface area contributed by atoms with E-state index in [1.165, 1.54) is 0 Å². The number of ether oxygens (including phenoxy) is 3. The van der Waals surface area contributed by atoms with E-state index in [-0.39, 0.29) is 18.1 Å². The lowest BCUT2D eigenvalue weighted by Gasteiger charge is -2.13. The maximum Gasteiger partial charge on any atom is 0.276 e. The first-order chi connectivity index (χ1) is 30.0. The van der Waals surface area contributed by atoms with Gasteiger partial charge in [0.15, 0.2) is 5.82 Å². The Balaban J connectivity index is 1.34. The summed E-state index contributed by atoms with van der Waals surface area (Å²) < 4.78 is 25.1. The van der Waals surface area contributed by atoms with Gasteiger partial charge < -0.3 is 34.8 Å². The number of nitrogens with zero attached hydrogens (tertiary/aromatic N) is 9. The number of fused-ring (bicyclic) bond motifs is 4. The number of nitrogens with two attached hydrogens (primary N) is 2. The summed E-state index contributed by atoms with van der Waals surface area (Å²) in [5.41, 5.74) is 17.1. The van der Waals surface area contributed by atoms with Crippen LogP contribution in [0.5, 0.6) is 11.5 Å². The van der Waals surface area contributed by atoms with Crippen molar-refractivity contribution in [2.24, 2.45) is 11.5 Å². The summed E-state index contributed by atoms with van der Waals surface area (Å²) in [6, 6.07) is 10.3. The lowest BCUT2D eigenvalue weighted by molar-refractivity contribution is 0.0991. The largest absolute Gasteiger partial charge is 0.491 e.